The number of carbonyl (C=O) groups is 2. The Bertz CT molecular complexity index is 613. The van der Waals surface area contributed by atoms with Crippen molar-refractivity contribution in [3.8, 4) is 0 Å². The molecule has 1 aromatic rings. The Hall–Kier alpha value is -1.88. The SMILES string of the molecule is CC(C)c1ccc(NC(=O)C2CCN(C(=O)C3CCOCC3)CC2)cc1. The lowest BCUT2D eigenvalue weighted by Crippen LogP contribution is -2.45. The summed E-state index contributed by atoms with van der Waals surface area (Å²) in [5, 5.41) is 3.03. The number of carbonyl (C=O) groups excluding carboxylic acids is 2. The van der Waals surface area contributed by atoms with Crippen LogP contribution in [0.5, 0.6) is 0 Å². The van der Waals surface area contributed by atoms with Gasteiger partial charge in [-0.05, 0) is 49.3 Å². The zero-order chi connectivity index (χ0) is 18.5. The number of benzene rings is 1. The van der Waals surface area contributed by atoms with E-state index in [4.69, 9.17) is 4.74 Å². The number of hydrogen-bond acceptors (Lipinski definition) is 3. The van der Waals surface area contributed by atoms with Gasteiger partial charge in [0.1, 0.15) is 0 Å². The second kappa shape index (κ2) is 8.67. The van der Waals surface area contributed by atoms with Gasteiger partial charge in [-0.15, -0.1) is 0 Å². The van der Waals surface area contributed by atoms with E-state index in [2.05, 4.69) is 31.3 Å². The van der Waals surface area contributed by atoms with Crippen LogP contribution in [0.2, 0.25) is 0 Å². The van der Waals surface area contributed by atoms with E-state index in [1.807, 2.05) is 17.0 Å². The third-order valence-corrected chi connectivity index (χ3v) is 5.59. The van der Waals surface area contributed by atoms with Crippen molar-refractivity contribution in [2.45, 2.75) is 45.4 Å². The fraction of sp³-hybridized carbons (Fsp3) is 0.619. The summed E-state index contributed by atoms with van der Waals surface area (Å²) in [4.78, 5) is 27.1. The Labute approximate surface area is 156 Å². The summed E-state index contributed by atoms with van der Waals surface area (Å²) in [7, 11) is 0. The van der Waals surface area contributed by atoms with E-state index < -0.39 is 0 Å². The van der Waals surface area contributed by atoms with E-state index in [1.54, 1.807) is 0 Å². The molecule has 142 valence electrons. The summed E-state index contributed by atoms with van der Waals surface area (Å²) < 4.78 is 5.34. The van der Waals surface area contributed by atoms with Gasteiger partial charge in [-0.3, -0.25) is 9.59 Å². The topological polar surface area (TPSA) is 58.6 Å². The van der Waals surface area contributed by atoms with Crippen LogP contribution < -0.4 is 5.32 Å². The van der Waals surface area contributed by atoms with Crippen molar-refractivity contribution >= 4 is 17.5 Å². The highest BCUT2D eigenvalue weighted by atomic mass is 16.5. The van der Waals surface area contributed by atoms with Gasteiger partial charge in [0.15, 0.2) is 0 Å². The molecule has 0 saturated carbocycles. The molecule has 0 aliphatic carbocycles. The van der Waals surface area contributed by atoms with Crippen LogP contribution in [0.25, 0.3) is 0 Å². The standard InChI is InChI=1S/C21H30N2O3/c1-15(2)16-3-5-19(6-4-16)22-20(24)17-7-11-23(12-8-17)21(25)18-9-13-26-14-10-18/h3-6,15,17-18H,7-14H2,1-2H3,(H,22,24). The summed E-state index contributed by atoms with van der Waals surface area (Å²) in [6.07, 6.45) is 3.13. The average Bonchev–Trinajstić information content (AvgIpc) is 2.68. The Morgan fingerprint density at radius 2 is 1.62 bits per heavy atom. The van der Waals surface area contributed by atoms with Gasteiger partial charge >= 0.3 is 0 Å². The van der Waals surface area contributed by atoms with Gasteiger partial charge in [-0.1, -0.05) is 26.0 Å². The van der Waals surface area contributed by atoms with Crippen LogP contribution in [0.3, 0.4) is 0 Å². The van der Waals surface area contributed by atoms with E-state index in [-0.39, 0.29) is 23.7 Å². The Morgan fingerprint density at radius 3 is 2.19 bits per heavy atom. The van der Waals surface area contributed by atoms with Crippen molar-refractivity contribution in [3.05, 3.63) is 29.8 Å². The molecule has 2 aliphatic heterocycles. The molecule has 2 amide bonds. The van der Waals surface area contributed by atoms with Crippen LogP contribution >= 0.6 is 0 Å². The second-order valence-corrected chi connectivity index (χ2v) is 7.75. The monoisotopic (exact) mass is 358 g/mol. The molecule has 2 heterocycles. The molecule has 0 aromatic heterocycles. The zero-order valence-corrected chi connectivity index (χ0v) is 15.9. The van der Waals surface area contributed by atoms with E-state index in [0.29, 0.717) is 32.2 Å². The first-order chi connectivity index (χ1) is 12.5. The van der Waals surface area contributed by atoms with Gasteiger partial charge in [0, 0.05) is 43.8 Å². The number of anilines is 1. The number of piperidine rings is 1. The summed E-state index contributed by atoms with van der Waals surface area (Å²) >= 11 is 0. The quantitative estimate of drug-likeness (QED) is 0.897. The molecule has 2 fully saturated rings. The first kappa shape index (κ1) is 18.9. The van der Waals surface area contributed by atoms with Crippen molar-refractivity contribution in [3.63, 3.8) is 0 Å². The minimum absolute atomic E-state index is 0.0153. The first-order valence-electron chi connectivity index (χ1n) is 9.82. The molecule has 0 radical (unpaired) electrons. The van der Waals surface area contributed by atoms with Crippen LogP contribution in [0.1, 0.15) is 51.0 Å². The Morgan fingerprint density at radius 1 is 1.00 bits per heavy atom. The number of nitrogens with zero attached hydrogens (tertiary/aromatic N) is 1. The predicted molar refractivity (Wildman–Crippen MR) is 102 cm³/mol. The first-order valence-corrected chi connectivity index (χ1v) is 9.82. The normalized spacial score (nSPS) is 19.6. The lowest BCUT2D eigenvalue weighted by atomic mass is 9.93. The predicted octanol–water partition coefficient (Wildman–Crippen LogP) is 3.41. The summed E-state index contributed by atoms with van der Waals surface area (Å²) in [5.41, 5.74) is 2.11. The molecule has 0 unspecified atom stereocenters. The summed E-state index contributed by atoms with van der Waals surface area (Å²) in [6, 6.07) is 8.07. The van der Waals surface area contributed by atoms with E-state index >= 15 is 0 Å². The third kappa shape index (κ3) is 4.64. The van der Waals surface area contributed by atoms with Gasteiger partial charge in [0.25, 0.3) is 0 Å². The Kier molecular flexibility index (Phi) is 6.30. The average molecular weight is 358 g/mol. The molecule has 26 heavy (non-hydrogen) atoms. The van der Waals surface area contributed by atoms with Crippen LogP contribution in [0.15, 0.2) is 24.3 Å². The van der Waals surface area contributed by atoms with Crippen molar-refractivity contribution in [1.82, 2.24) is 4.90 Å². The van der Waals surface area contributed by atoms with E-state index in [1.165, 1.54) is 5.56 Å². The fourth-order valence-electron chi connectivity index (χ4n) is 3.76. The van der Waals surface area contributed by atoms with Gasteiger partial charge in [0.05, 0.1) is 0 Å². The van der Waals surface area contributed by atoms with Crippen molar-refractivity contribution in [2.24, 2.45) is 11.8 Å². The molecule has 5 nitrogen and oxygen atoms in total. The van der Waals surface area contributed by atoms with Crippen molar-refractivity contribution < 1.29 is 14.3 Å². The van der Waals surface area contributed by atoms with E-state index in [9.17, 15) is 9.59 Å². The minimum atomic E-state index is -0.0153. The molecule has 2 saturated heterocycles. The third-order valence-electron chi connectivity index (χ3n) is 5.59. The van der Waals surface area contributed by atoms with E-state index in [0.717, 1.165) is 31.4 Å². The maximum absolute atomic E-state index is 12.6. The molecule has 1 N–H and O–H groups in total. The molecule has 3 rings (SSSR count). The number of hydrogen-bond donors (Lipinski definition) is 1. The van der Waals surface area contributed by atoms with Crippen LogP contribution in [-0.4, -0.2) is 43.0 Å². The Balaban J connectivity index is 1.48. The highest BCUT2D eigenvalue weighted by Gasteiger charge is 2.31. The molecular formula is C21H30N2O3. The number of amides is 2. The van der Waals surface area contributed by atoms with Gasteiger partial charge < -0.3 is 15.0 Å². The second-order valence-electron chi connectivity index (χ2n) is 7.75. The van der Waals surface area contributed by atoms with Crippen LogP contribution in [-0.2, 0) is 14.3 Å². The van der Waals surface area contributed by atoms with Crippen molar-refractivity contribution in [1.29, 1.82) is 0 Å². The number of ether oxygens (including phenoxy) is 1. The summed E-state index contributed by atoms with van der Waals surface area (Å²) in [6.45, 7) is 7.04. The molecule has 0 atom stereocenters. The van der Waals surface area contributed by atoms with Gasteiger partial charge in [-0.25, -0.2) is 0 Å². The highest BCUT2D eigenvalue weighted by molar-refractivity contribution is 5.92. The summed E-state index contributed by atoms with van der Waals surface area (Å²) in [5.74, 6) is 0.890. The highest BCUT2D eigenvalue weighted by Crippen LogP contribution is 2.24. The smallest absolute Gasteiger partial charge is 0.227 e. The number of nitrogens with one attached hydrogen (secondary N) is 1. The largest absolute Gasteiger partial charge is 0.381 e. The lowest BCUT2D eigenvalue weighted by molar-refractivity contribution is -0.141. The minimum Gasteiger partial charge on any atom is -0.381 e. The number of rotatable bonds is 4. The van der Waals surface area contributed by atoms with Crippen LogP contribution in [0, 0.1) is 11.8 Å². The number of likely N-dealkylation sites (tertiary alicyclic amines) is 1. The fourth-order valence-corrected chi connectivity index (χ4v) is 3.76. The zero-order valence-electron chi connectivity index (χ0n) is 15.9. The van der Waals surface area contributed by atoms with Crippen molar-refractivity contribution in [2.75, 3.05) is 31.6 Å². The molecule has 5 heteroatoms. The van der Waals surface area contributed by atoms with Gasteiger partial charge in [-0.2, -0.15) is 0 Å². The maximum Gasteiger partial charge on any atom is 0.227 e. The maximum atomic E-state index is 12.6. The van der Waals surface area contributed by atoms with Gasteiger partial charge in [0.2, 0.25) is 11.8 Å². The molecule has 1 aromatic carbocycles. The lowest BCUT2D eigenvalue weighted by Gasteiger charge is -2.34. The molecule has 0 bridgehead atoms. The molecule has 2 aliphatic rings. The molecule has 0 spiro atoms. The van der Waals surface area contributed by atoms with Crippen LogP contribution in [0.4, 0.5) is 5.69 Å². The molecular weight excluding hydrogens is 328 g/mol.